The predicted octanol–water partition coefficient (Wildman–Crippen LogP) is 8.24. The molecule has 0 heterocycles. The molecule has 0 spiro atoms. The molecule has 180 valence electrons. The third-order valence-electron chi connectivity index (χ3n) is 6.80. The molecule has 0 fully saturated rings. The molecule has 0 aliphatic heterocycles. The summed E-state index contributed by atoms with van der Waals surface area (Å²) in [5.41, 5.74) is 3.80. The maximum atomic E-state index is 3.78. The molecular weight excluding hydrogens is 465 g/mol. The molecule has 0 atom stereocenters. The van der Waals surface area contributed by atoms with Gasteiger partial charge in [-0.25, -0.2) is 0 Å². The van der Waals surface area contributed by atoms with Gasteiger partial charge in [0.15, 0.2) is 0 Å². The van der Waals surface area contributed by atoms with Crippen molar-refractivity contribution in [1.82, 2.24) is 0 Å². The maximum Gasteiger partial charge on any atom is 0.0428 e. The van der Waals surface area contributed by atoms with Crippen LogP contribution >= 0.6 is 7.92 Å². The van der Waals surface area contributed by atoms with Crippen molar-refractivity contribution in [1.29, 1.82) is 0 Å². The zero-order valence-corrected chi connectivity index (χ0v) is 22.1. The summed E-state index contributed by atoms with van der Waals surface area (Å²) in [6, 6.07) is 49.1. The van der Waals surface area contributed by atoms with Crippen LogP contribution in [0, 0.1) is 0 Å². The Morgan fingerprint density at radius 2 is 0.973 bits per heavy atom. The summed E-state index contributed by atoms with van der Waals surface area (Å²) in [4.78, 5) is 0. The Morgan fingerprint density at radius 1 is 0.486 bits per heavy atom. The number of anilines is 1. The monoisotopic (exact) mass is 495 g/mol. The van der Waals surface area contributed by atoms with Crippen molar-refractivity contribution in [2.75, 3.05) is 5.32 Å². The van der Waals surface area contributed by atoms with E-state index in [9.17, 15) is 0 Å². The van der Waals surface area contributed by atoms with Gasteiger partial charge in [-0.2, -0.15) is 0 Å². The van der Waals surface area contributed by atoms with E-state index >= 15 is 0 Å². The van der Waals surface area contributed by atoms with Crippen molar-refractivity contribution in [2.24, 2.45) is 0 Å². The van der Waals surface area contributed by atoms with Crippen LogP contribution in [0.1, 0.15) is 13.8 Å². The van der Waals surface area contributed by atoms with Crippen LogP contribution in [0.25, 0.3) is 32.7 Å². The molecule has 0 saturated carbocycles. The quantitative estimate of drug-likeness (QED) is 0.230. The molecule has 6 aromatic carbocycles. The van der Waals surface area contributed by atoms with Gasteiger partial charge in [0.25, 0.3) is 0 Å². The Balaban J connectivity index is 1.76. The van der Waals surface area contributed by atoms with Gasteiger partial charge in [-0.05, 0) is 65.3 Å². The highest BCUT2D eigenvalue weighted by Crippen LogP contribution is 2.44. The molecule has 0 unspecified atom stereocenters. The Bertz CT molecular complexity index is 1630. The summed E-state index contributed by atoms with van der Waals surface area (Å²) < 4.78 is 0. The molecule has 37 heavy (non-hydrogen) atoms. The lowest BCUT2D eigenvalue weighted by Crippen LogP contribution is -2.22. The number of nitrogens with one attached hydrogen (secondary N) is 1. The molecule has 6 rings (SSSR count). The molecule has 0 saturated heterocycles. The lowest BCUT2D eigenvalue weighted by molar-refractivity contribution is 0.901. The normalized spacial score (nSPS) is 11.5. The lowest BCUT2D eigenvalue weighted by atomic mass is 9.92. The molecule has 2 heteroatoms. The molecule has 0 bridgehead atoms. The third kappa shape index (κ3) is 4.52. The summed E-state index contributed by atoms with van der Waals surface area (Å²) >= 11 is 0. The molecule has 1 N–H and O–H groups in total. The Labute approximate surface area is 220 Å². The van der Waals surface area contributed by atoms with Crippen LogP contribution in [0.5, 0.6) is 0 Å². The Morgan fingerprint density at radius 3 is 1.54 bits per heavy atom. The highest BCUT2D eigenvalue weighted by molar-refractivity contribution is 7.80. The second-order valence-corrected chi connectivity index (χ2v) is 11.9. The molecular formula is C35H30NP. The van der Waals surface area contributed by atoms with E-state index in [1.807, 2.05) is 0 Å². The average Bonchev–Trinajstić information content (AvgIpc) is 2.94. The van der Waals surface area contributed by atoms with Crippen LogP contribution in [-0.4, -0.2) is 6.04 Å². The van der Waals surface area contributed by atoms with Gasteiger partial charge in [-0.1, -0.05) is 127 Å². The van der Waals surface area contributed by atoms with Gasteiger partial charge in [0.2, 0.25) is 0 Å². The number of rotatable bonds is 6. The minimum absolute atomic E-state index is 0.322. The fourth-order valence-electron chi connectivity index (χ4n) is 5.26. The minimum atomic E-state index is -0.779. The van der Waals surface area contributed by atoms with Crippen molar-refractivity contribution in [3.05, 3.63) is 133 Å². The summed E-state index contributed by atoms with van der Waals surface area (Å²) in [6.45, 7) is 4.42. The highest BCUT2D eigenvalue weighted by Gasteiger charge is 2.24. The third-order valence-corrected chi connectivity index (χ3v) is 9.28. The Kier molecular flexibility index (Phi) is 6.47. The van der Waals surface area contributed by atoms with E-state index in [0.29, 0.717) is 6.04 Å². The van der Waals surface area contributed by atoms with E-state index in [2.05, 4.69) is 153 Å². The van der Waals surface area contributed by atoms with Gasteiger partial charge in [-0.15, -0.1) is 0 Å². The Hall–Kier alpha value is -3.93. The topological polar surface area (TPSA) is 12.0 Å². The van der Waals surface area contributed by atoms with Gasteiger partial charge < -0.3 is 5.32 Å². The molecule has 0 aromatic heterocycles. The van der Waals surface area contributed by atoms with E-state index in [1.54, 1.807) is 0 Å². The predicted molar refractivity (Wildman–Crippen MR) is 164 cm³/mol. The first-order chi connectivity index (χ1) is 18.2. The van der Waals surface area contributed by atoms with Crippen LogP contribution in [0.4, 0.5) is 5.69 Å². The van der Waals surface area contributed by atoms with E-state index in [4.69, 9.17) is 0 Å². The second kappa shape index (κ2) is 10.2. The zero-order chi connectivity index (χ0) is 25.2. The van der Waals surface area contributed by atoms with Crippen LogP contribution in [0.3, 0.4) is 0 Å². The number of hydrogen-bond acceptors (Lipinski definition) is 1. The van der Waals surface area contributed by atoms with Crippen LogP contribution in [0.15, 0.2) is 133 Å². The van der Waals surface area contributed by atoms with Crippen molar-refractivity contribution in [3.8, 4) is 11.1 Å². The van der Waals surface area contributed by atoms with E-state index < -0.39 is 7.92 Å². The first-order valence-corrected chi connectivity index (χ1v) is 14.3. The maximum absolute atomic E-state index is 3.78. The van der Waals surface area contributed by atoms with Gasteiger partial charge in [0.1, 0.15) is 0 Å². The summed E-state index contributed by atoms with van der Waals surface area (Å²) in [6.07, 6.45) is 0. The van der Waals surface area contributed by atoms with Crippen LogP contribution in [-0.2, 0) is 0 Å². The SMILES string of the molecule is CC(C)Nc1ccc2ccccc2c1-c1c(P(c2ccccc2)c2ccccc2)ccc2ccccc12. The van der Waals surface area contributed by atoms with Gasteiger partial charge in [-0.3, -0.25) is 0 Å². The fraction of sp³-hybridized carbons (Fsp3) is 0.0857. The van der Waals surface area contributed by atoms with Crippen molar-refractivity contribution < 1.29 is 0 Å². The summed E-state index contributed by atoms with van der Waals surface area (Å²) in [5.74, 6) is 0. The second-order valence-electron chi connectivity index (χ2n) is 9.70. The smallest absolute Gasteiger partial charge is 0.0428 e. The minimum Gasteiger partial charge on any atom is -0.382 e. The van der Waals surface area contributed by atoms with E-state index in [0.717, 1.165) is 0 Å². The molecule has 1 nitrogen and oxygen atoms in total. The lowest BCUT2D eigenvalue weighted by Gasteiger charge is -2.26. The zero-order valence-electron chi connectivity index (χ0n) is 21.2. The van der Waals surface area contributed by atoms with Crippen molar-refractivity contribution >= 4 is 51.1 Å². The molecule has 6 aromatic rings. The van der Waals surface area contributed by atoms with E-state index in [1.165, 1.54) is 54.3 Å². The molecule has 0 radical (unpaired) electrons. The molecule has 0 aliphatic rings. The average molecular weight is 496 g/mol. The van der Waals surface area contributed by atoms with Crippen molar-refractivity contribution in [3.63, 3.8) is 0 Å². The summed E-state index contributed by atoms with van der Waals surface area (Å²) in [5, 5.41) is 13.0. The molecule has 0 amide bonds. The number of hydrogen-bond donors (Lipinski definition) is 1. The first kappa shape index (κ1) is 23.5. The standard InChI is InChI=1S/C35H30NP/c1-25(2)36-32-23-21-26-13-9-11-19-30(26)34(32)35-31-20-12-10-14-27(31)22-24-33(35)37(28-15-5-3-6-16-28)29-17-7-4-8-18-29/h3-25,36H,1-2H3. The number of benzene rings is 6. The molecule has 0 aliphatic carbocycles. The number of fused-ring (bicyclic) bond motifs is 2. The highest BCUT2D eigenvalue weighted by atomic mass is 31.1. The fourth-order valence-corrected chi connectivity index (χ4v) is 7.74. The van der Waals surface area contributed by atoms with Crippen LogP contribution in [0.2, 0.25) is 0 Å². The van der Waals surface area contributed by atoms with Gasteiger partial charge in [0.05, 0.1) is 0 Å². The van der Waals surface area contributed by atoms with E-state index in [-0.39, 0.29) is 0 Å². The van der Waals surface area contributed by atoms with Gasteiger partial charge in [0, 0.05) is 22.9 Å². The largest absolute Gasteiger partial charge is 0.382 e. The summed E-state index contributed by atoms with van der Waals surface area (Å²) in [7, 11) is -0.779. The van der Waals surface area contributed by atoms with Crippen molar-refractivity contribution in [2.45, 2.75) is 19.9 Å². The van der Waals surface area contributed by atoms with Crippen LogP contribution < -0.4 is 21.2 Å². The first-order valence-electron chi connectivity index (χ1n) is 12.9. The van der Waals surface area contributed by atoms with Gasteiger partial charge >= 0.3 is 0 Å².